The number of aliphatic hydroxyl groups is 3. The molecule has 178 valence electrons. The molecule has 0 aromatic rings. The summed E-state index contributed by atoms with van der Waals surface area (Å²) in [6.45, 7) is 9.00. The molecule has 0 spiro atoms. The zero-order chi connectivity index (χ0) is 22.7. The Hall–Kier alpha value is -0.650. The molecule has 5 nitrogen and oxygen atoms in total. The lowest BCUT2D eigenvalue weighted by Gasteiger charge is -2.63. The normalized spacial score (nSPS) is 51.2. The summed E-state index contributed by atoms with van der Waals surface area (Å²) in [5.41, 5.74) is 0.154. The third-order valence-corrected chi connectivity index (χ3v) is 10.8. The van der Waals surface area contributed by atoms with Crippen LogP contribution in [0.1, 0.15) is 79.1 Å². The van der Waals surface area contributed by atoms with Gasteiger partial charge >= 0.3 is 5.97 Å². The van der Waals surface area contributed by atoms with Crippen LogP contribution in [0.15, 0.2) is 0 Å². The van der Waals surface area contributed by atoms with Gasteiger partial charge in [0.1, 0.15) is 0 Å². The maximum absolute atomic E-state index is 12.0. The Kier molecular flexibility index (Phi) is 6.28. The second-order valence-electron chi connectivity index (χ2n) is 12.2. The molecule has 4 aliphatic carbocycles. The van der Waals surface area contributed by atoms with E-state index in [0.29, 0.717) is 30.1 Å². The van der Waals surface area contributed by atoms with Crippen LogP contribution < -0.4 is 0 Å². The van der Waals surface area contributed by atoms with Crippen molar-refractivity contribution in [1.29, 1.82) is 0 Å². The van der Waals surface area contributed by atoms with Crippen LogP contribution in [0.5, 0.6) is 0 Å². The van der Waals surface area contributed by atoms with Gasteiger partial charge in [0, 0.05) is 0 Å². The summed E-state index contributed by atoms with van der Waals surface area (Å²) in [6.07, 6.45) is 5.94. The number of rotatable bonds is 4. The van der Waals surface area contributed by atoms with E-state index >= 15 is 0 Å². The fourth-order valence-electron chi connectivity index (χ4n) is 9.23. The molecule has 0 aromatic heterocycles. The predicted octanol–water partition coefficient (Wildman–Crippen LogP) is 3.78. The Morgan fingerprint density at radius 1 is 0.935 bits per heavy atom. The highest BCUT2D eigenvalue weighted by molar-refractivity contribution is 5.71. The second-order valence-corrected chi connectivity index (χ2v) is 12.2. The van der Waals surface area contributed by atoms with Gasteiger partial charge in [-0.05, 0) is 97.7 Å². The van der Waals surface area contributed by atoms with Gasteiger partial charge in [0.2, 0.25) is 0 Å². The predicted molar refractivity (Wildman–Crippen MR) is 119 cm³/mol. The van der Waals surface area contributed by atoms with Gasteiger partial charge in [-0.15, -0.1) is 0 Å². The molecule has 3 N–H and O–H groups in total. The fourth-order valence-corrected chi connectivity index (χ4v) is 9.23. The number of methoxy groups -OCH3 is 1. The van der Waals surface area contributed by atoms with E-state index in [1.54, 1.807) is 0 Å². The second kappa shape index (κ2) is 8.29. The Morgan fingerprint density at radius 2 is 1.58 bits per heavy atom. The van der Waals surface area contributed by atoms with Crippen LogP contribution in [0.4, 0.5) is 0 Å². The quantitative estimate of drug-likeness (QED) is 0.584. The molecule has 4 rings (SSSR count). The zero-order valence-electron chi connectivity index (χ0n) is 20.1. The van der Waals surface area contributed by atoms with Crippen LogP contribution in [0.25, 0.3) is 0 Å². The molecule has 4 saturated carbocycles. The molecule has 4 fully saturated rings. The first-order valence-electron chi connectivity index (χ1n) is 12.7. The van der Waals surface area contributed by atoms with E-state index in [0.717, 1.165) is 44.9 Å². The monoisotopic (exact) mass is 436 g/mol. The van der Waals surface area contributed by atoms with Crippen LogP contribution >= 0.6 is 0 Å². The van der Waals surface area contributed by atoms with Crippen LogP contribution in [0.2, 0.25) is 0 Å². The van der Waals surface area contributed by atoms with Gasteiger partial charge in [0.25, 0.3) is 0 Å². The van der Waals surface area contributed by atoms with Crippen molar-refractivity contribution in [3.8, 4) is 0 Å². The van der Waals surface area contributed by atoms with Gasteiger partial charge in [-0.1, -0.05) is 27.7 Å². The maximum Gasteiger partial charge on any atom is 0.308 e. The van der Waals surface area contributed by atoms with Gasteiger partial charge in [0.15, 0.2) is 0 Å². The van der Waals surface area contributed by atoms with Gasteiger partial charge in [-0.25, -0.2) is 0 Å². The van der Waals surface area contributed by atoms with Gasteiger partial charge in [0.05, 0.1) is 31.3 Å². The van der Waals surface area contributed by atoms with Crippen molar-refractivity contribution in [2.75, 3.05) is 7.11 Å². The molecule has 0 aromatic carbocycles. The van der Waals surface area contributed by atoms with E-state index in [9.17, 15) is 20.1 Å². The lowest BCUT2D eigenvalue weighted by molar-refractivity contribution is -0.223. The third-order valence-electron chi connectivity index (χ3n) is 10.8. The van der Waals surface area contributed by atoms with E-state index in [-0.39, 0.29) is 40.7 Å². The zero-order valence-corrected chi connectivity index (χ0v) is 20.1. The first kappa shape index (κ1) is 23.5. The number of carbonyl (C=O) groups excluding carboxylic acids is 1. The topological polar surface area (TPSA) is 87.0 Å². The minimum absolute atomic E-state index is 0.00566. The molecule has 0 radical (unpaired) electrons. The molecular formula is C26H44O5. The Balaban J connectivity index is 1.57. The first-order chi connectivity index (χ1) is 14.5. The van der Waals surface area contributed by atoms with Crippen LogP contribution in [-0.2, 0) is 9.53 Å². The molecule has 0 amide bonds. The molecular weight excluding hydrogens is 392 g/mol. The molecule has 0 aliphatic heterocycles. The van der Waals surface area contributed by atoms with Crippen LogP contribution in [-0.4, -0.2) is 46.7 Å². The van der Waals surface area contributed by atoms with Crippen molar-refractivity contribution < 1.29 is 24.9 Å². The number of hydrogen-bond acceptors (Lipinski definition) is 5. The van der Waals surface area contributed by atoms with Crippen molar-refractivity contribution in [2.24, 2.45) is 52.3 Å². The molecule has 0 saturated heterocycles. The van der Waals surface area contributed by atoms with Gasteiger partial charge in [-0.3, -0.25) is 4.79 Å². The van der Waals surface area contributed by atoms with Crippen molar-refractivity contribution >= 4 is 5.97 Å². The number of aliphatic hydroxyl groups excluding tert-OH is 3. The number of carbonyl (C=O) groups is 1. The highest BCUT2D eigenvalue weighted by atomic mass is 16.5. The highest BCUT2D eigenvalue weighted by Crippen LogP contribution is 2.68. The lowest BCUT2D eigenvalue weighted by atomic mass is 9.43. The summed E-state index contributed by atoms with van der Waals surface area (Å²) in [6, 6.07) is 0. The van der Waals surface area contributed by atoms with Crippen molar-refractivity contribution in [2.45, 2.75) is 97.4 Å². The minimum atomic E-state index is -0.737. The smallest absolute Gasteiger partial charge is 0.308 e. The minimum Gasteiger partial charge on any atom is -0.469 e. The summed E-state index contributed by atoms with van der Waals surface area (Å²) >= 11 is 0. The number of esters is 1. The van der Waals surface area contributed by atoms with E-state index in [2.05, 4.69) is 20.8 Å². The van der Waals surface area contributed by atoms with Crippen LogP contribution in [0.3, 0.4) is 0 Å². The maximum atomic E-state index is 12.0. The number of ether oxygens (including phenoxy) is 1. The molecule has 0 heterocycles. The first-order valence-corrected chi connectivity index (χ1v) is 12.7. The number of fused-ring (bicyclic) bond motifs is 5. The van der Waals surface area contributed by atoms with Gasteiger partial charge in [-0.2, -0.15) is 0 Å². The molecule has 0 bridgehead atoms. The summed E-state index contributed by atoms with van der Waals surface area (Å²) in [5.74, 6) is 1.72. The van der Waals surface area contributed by atoms with Crippen molar-refractivity contribution in [1.82, 2.24) is 0 Å². The third kappa shape index (κ3) is 3.58. The summed E-state index contributed by atoms with van der Waals surface area (Å²) in [4.78, 5) is 12.0. The molecule has 4 aliphatic rings. The molecule has 31 heavy (non-hydrogen) atoms. The summed E-state index contributed by atoms with van der Waals surface area (Å²) in [7, 11) is 1.46. The molecule has 5 heteroatoms. The average Bonchev–Trinajstić information content (AvgIpc) is 3.09. The standard InChI is InChI=1S/C26H44O5/c1-14(12-15(2)24(30)31-5)17-6-7-18-21-19(9-11-25(17,18)3)26(4)10-8-16(27)13-20(26)22(28)23(21)29/h14-23,27-29H,6-13H2,1-5H3/t14-,15+,16-,17-,18?,19?,20?,21?,22-,23?,25-,26-/m1/s1. The van der Waals surface area contributed by atoms with E-state index < -0.39 is 12.2 Å². The SMILES string of the molecule is COC(=O)[C@@H](C)C[C@@H](C)[C@H]1CCC2C3C(O)[C@H](O)C4C[C@H](O)CC[C@]4(C)C3CC[C@@]21C. The van der Waals surface area contributed by atoms with Gasteiger partial charge < -0.3 is 20.1 Å². The number of hydrogen-bond donors (Lipinski definition) is 3. The molecule has 12 atom stereocenters. The fraction of sp³-hybridized carbons (Fsp3) is 0.962. The Bertz CT molecular complexity index is 681. The molecule has 5 unspecified atom stereocenters. The van der Waals surface area contributed by atoms with Crippen LogP contribution in [0, 0.1) is 52.3 Å². The summed E-state index contributed by atoms with van der Waals surface area (Å²) < 4.78 is 4.96. The van der Waals surface area contributed by atoms with E-state index in [1.807, 2.05) is 6.92 Å². The van der Waals surface area contributed by atoms with E-state index in [4.69, 9.17) is 4.74 Å². The largest absolute Gasteiger partial charge is 0.469 e. The Morgan fingerprint density at radius 3 is 2.26 bits per heavy atom. The Labute approximate surface area is 187 Å². The average molecular weight is 437 g/mol. The lowest BCUT2D eigenvalue weighted by Crippen LogP contribution is -2.64. The van der Waals surface area contributed by atoms with Crippen molar-refractivity contribution in [3.05, 3.63) is 0 Å². The van der Waals surface area contributed by atoms with Crippen molar-refractivity contribution in [3.63, 3.8) is 0 Å². The summed E-state index contributed by atoms with van der Waals surface area (Å²) in [5, 5.41) is 32.8. The highest BCUT2D eigenvalue weighted by Gasteiger charge is 2.65. The van der Waals surface area contributed by atoms with E-state index in [1.165, 1.54) is 7.11 Å².